The van der Waals surface area contributed by atoms with Gasteiger partial charge in [-0.3, -0.25) is 4.79 Å². The molecule has 1 aromatic heterocycles. The molecule has 0 bridgehead atoms. The number of fused-ring (bicyclic) bond motifs is 1. The Kier molecular flexibility index (Phi) is 3.73. The third-order valence-electron chi connectivity index (χ3n) is 3.52. The van der Waals surface area contributed by atoms with Crippen LogP contribution >= 0.6 is 0 Å². The highest BCUT2D eigenvalue weighted by molar-refractivity contribution is 5.93. The van der Waals surface area contributed by atoms with Crippen LogP contribution in [-0.2, 0) is 17.8 Å². The van der Waals surface area contributed by atoms with Crippen molar-refractivity contribution < 1.29 is 9.53 Å². The topological polar surface area (TPSA) is 63.2 Å². The van der Waals surface area contributed by atoms with Gasteiger partial charge in [0.05, 0.1) is 19.0 Å². The van der Waals surface area contributed by atoms with E-state index in [9.17, 15) is 4.79 Å². The van der Waals surface area contributed by atoms with Gasteiger partial charge < -0.3 is 15.4 Å². The zero-order valence-corrected chi connectivity index (χ0v) is 11.8. The summed E-state index contributed by atoms with van der Waals surface area (Å²) < 4.78 is 5.14. The summed E-state index contributed by atoms with van der Waals surface area (Å²) in [5.41, 5.74) is 3.10. The lowest BCUT2D eigenvalue weighted by Crippen LogP contribution is -2.19. The summed E-state index contributed by atoms with van der Waals surface area (Å²) in [5, 5.41) is 6.13. The number of hydrogen-bond donors (Lipinski definition) is 2. The van der Waals surface area contributed by atoms with Gasteiger partial charge in [0.15, 0.2) is 0 Å². The summed E-state index contributed by atoms with van der Waals surface area (Å²) in [6.07, 6.45) is 3.01. The molecule has 108 valence electrons. The number of benzene rings is 1. The van der Waals surface area contributed by atoms with Crippen molar-refractivity contribution in [3.05, 3.63) is 47.7 Å². The number of aryl methyl sites for hydroxylation is 1. The van der Waals surface area contributed by atoms with E-state index in [1.54, 1.807) is 13.3 Å². The van der Waals surface area contributed by atoms with Gasteiger partial charge in [0.25, 0.3) is 0 Å². The Morgan fingerprint density at radius 2 is 2.10 bits per heavy atom. The lowest BCUT2D eigenvalue weighted by atomic mass is 10.1. The minimum absolute atomic E-state index is 0.0586. The van der Waals surface area contributed by atoms with Gasteiger partial charge in [0.1, 0.15) is 11.6 Å². The zero-order chi connectivity index (χ0) is 14.7. The van der Waals surface area contributed by atoms with Crippen molar-refractivity contribution in [2.45, 2.75) is 19.4 Å². The van der Waals surface area contributed by atoms with Crippen LogP contribution in [0.1, 0.15) is 17.5 Å². The van der Waals surface area contributed by atoms with Crippen LogP contribution in [0.3, 0.4) is 0 Å². The molecule has 3 rings (SSSR count). The second kappa shape index (κ2) is 5.83. The average molecular weight is 283 g/mol. The number of aromatic nitrogens is 1. The summed E-state index contributed by atoms with van der Waals surface area (Å²) in [7, 11) is 1.66. The van der Waals surface area contributed by atoms with E-state index in [4.69, 9.17) is 4.74 Å². The molecular formula is C16H17N3O2. The number of anilines is 2. The van der Waals surface area contributed by atoms with E-state index in [-0.39, 0.29) is 5.91 Å². The molecule has 1 aromatic carbocycles. The molecule has 5 nitrogen and oxygen atoms in total. The predicted octanol–water partition coefficient (Wildman–Crippen LogP) is 2.59. The number of nitrogens with one attached hydrogen (secondary N) is 2. The van der Waals surface area contributed by atoms with Gasteiger partial charge in [-0.15, -0.1) is 0 Å². The number of rotatable bonds is 4. The molecule has 2 N–H and O–H groups in total. The van der Waals surface area contributed by atoms with Crippen molar-refractivity contribution in [1.82, 2.24) is 4.98 Å². The molecule has 0 fully saturated rings. The van der Waals surface area contributed by atoms with Crippen LogP contribution in [-0.4, -0.2) is 18.0 Å². The molecule has 1 amide bonds. The number of ether oxygens (including phenoxy) is 1. The minimum atomic E-state index is 0.0586. The van der Waals surface area contributed by atoms with Crippen LogP contribution in [0.4, 0.5) is 11.5 Å². The second-order valence-corrected chi connectivity index (χ2v) is 4.98. The quantitative estimate of drug-likeness (QED) is 0.905. The highest BCUT2D eigenvalue weighted by Gasteiger charge is 2.15. The van der Waals surface area contributed by atoms with Gasteiger partial charge in [-0.2, -0.15) is 0 Å². The van der Waals surface area contributed by atoms with Gasteiger partial charge in [-0.05, 0) is 35.7 Å². The van der Waals surface area contributed by atoms with Gasteiger partial charge >= 0.3 is 0 Å². The summed E-state index contributed by atoms with van der Waals surface area (Å²) >= 11 is 0. The lowest BCUT2D eigenvalue weighted by Gasteiger charge is -2.17. The molecule has 0 radical (unpaired) electrons. The van der Waals surface area contributed by atoms with E-state index < -0.39 is 0 Å². The molecule has 0 unspecified atom stereocenters. The summed E-state index contributed by atoms with van der Waals surface area (Å²) in [6, 6.07) is 9.91. The fourth-order valence-corrected chi connectivity index (χ4v) is 2.31. The van der Waals surface area contributed by atoms with Gasteiger partial charge in [0.2, 0.25) is 5.91 Å². The van der Waals surface area contributed by atoms with Crippen LogP contribution in [0.25, 0.3) is 0 Å². The smallest absolute Gasteiger partial charge is 0.224 e. The Morgan fingerprint density at radius 3 is 2.86 bits per heavy atom. The molecule has 2 heterocycles. The van der Waals surface area contributed by atoms with Crippen molar-refractivity contribution in [3.8, 4) is 5.75 Å². The maximum Gasteiger partial charge on any atom is 0.224 e. The number of methoxy groups -OCH3 is 1. The van der Waals surface area contributed by atoms with Gasteiger partial charge in [0, 0.05) is 13.0 Å². The number of amides is 1. The molecule has 0 saturated carbocycles. The van der Waals surface area contributed by atoms with Crippen molar-refractivity contribution in [2.75, 3.05) is 17.7 Å². The number of carbonyl (C=O) groups is 1. The molecule has 2 aromatic rings. The number of hydrogen-bond acceptors (Lipinski definition) is 4. The largest absolute Gasteiger partial charge is 0.497 e. The fraction of sp³-hybridized carbons (Fsp3) is 0.250. The van der Waals surface area contributed by atoms with Crippen LogP contribution < -0.4 is 15.4 Å². The Bertz CT molecular complexity index is 653. The third-order valence-corrected chi connectivity index (χ3v) is 3.52. The maximum atomic E-state index is 11.3. The molecule has 0 atom stereocenters. The minimum Gasteiger partial charge on any atom is -0.497 e. The highest BCUT2D eigenvalue weighted by Crippen LogP contribution is 2.24. The molecular weight excluding hydrogens is 266 g/mol. The Balaban J connectivity index is 1.66. The van der Waals surface area contributed by atoms with Crippen molar-refractivity contribution in [3.63, 3.8) is 0 Å². The van der Waals surface area contributed by atoms with E-state index in [0.29, 0.717) is 13.0 Å². The first-order valence-corrected chi connectivity index (χ1v) is 6.90. The van der Waals surface area contributed by atoms with Crippen molar-refractivity contribution in [1.29, 1.82) is 0 Å². The van der Waals surface area contributed by atoms with Crippen molar-refractivity contribution in [2.24, 2.45) is 0 Å². The van der Waals surface area contributed by atoms with Crippen LogP contribution in [0.5, 0.6) is 5.75 Å². The van der Waals surface area contributed by atoms with Gasteiger partial charge in [-0.25, -0.2) is 4.98 Å². The number of pyridine rings is 1. The summed E-state index contributed by atoms with van der Waals surface area (Å²) in [6.45, 7) is 0.697. The first-order chi connectivity index (χ1) is 10.2. The summed E-state index contributed by atoms with van der Waals surface area (Å²) in [5.74, 6) is 1.73. The normalized spacial score (nSPS) is 13.3. The monoisotopic (exact) mass is 283 g/mol. The Labute approximate surface area is 123 Å². The summed E-state index contributed by atoms with van der Waals surface area (Å²) in [4.78, 5) is 15.6. The molecule has 0 saturated heterocycles. The highest BCUT2D eigenvalue weighted by atomic mass is 16.5. The maximum absolute atomic E-state index is 11.3. The SMILES string of the molecule is COc1ccc(CNc2cc3c(cn2)NC(=O)CC3)cc1. The van der Waals surface area contributed by atoms with E-state index in [1.165, 1.54) is 0 Å². The molecule has 21 heavy (non-hydrogen) atoms. The molecule has 1 aliphatic heterocycles. The molecule has 0 spiro atoms. The standard InChI is InChI=1S/C16H17N3O2/c1-21-13-5-2-11(3-6-13)9-17-15-8-12-4-7-16(20)19-14(12)10-18-15/h2-3,5-6,8,10H,4,7,9H2,1H3,(H,17,18)(H,19,20). The second-order valence-electron chi connectivity index (χ2n) is 4.98. The van der Waals surface area contributed by atoms with Crippen LogP contribution in [0, 0.1) is 0 Å². The lowest BCUT2D eigenvalue weighted by molar-refractivity contribution is -0.116. The average Bonchev–Trinajstić information content (AvgIpc) is 2.53. The van der Waals surface area contributed by atoms with Crippen LogP contribution in [0.2, 0.25) is 0 Å². The fourth-order valence-electron chi connectivity index (χ4n) is 2.31. The van der Waals surface area contributed by atoms with E-state index in [1.807, 2.05) is 30.3 Å². The number of carbonyl (C=O) groups excluding carboxylic acids is 1. The predicted molar refractivity (Wildman–Crippen MR) is 81.5 cm³/mol. The molecule has 1 aliphatic rings. The third kappa shape index (κ3) is 3.13. The van der Waals surface area contributed by atoms with E-state index >= 15 is 0 Å². The van der Waals surface area contributed by atoms with Crippen molar-refractivity contribution >= 4 is 17.4 Å². The van der Waals surface area contributed by atoms with Gasteiger partial charge in [-0.1, -0.05) is 12.1 Å². The Morgan fingerprint density at radius 1 is 1.29 bits per heavy atom. The van der Waals surface area contributed by atoms with E-state index in [0.717, 1.165) is 34.8 Å². The number of nitrogens with zero attached hydrogens (tertiary/aromatic N) is 1. The molecule has 0 aliphatic carbocycles. The van der Waals surface area contributed by atoms with Crippen LogP contribution in [0.15, 0.2) is 36.5 Å². The Hall–Kier alpha value is -2.56. The molecule has 5 heteroatoms. The zero-order valence-electron chi connectivity index (χ0n) is 11.8. The first kappa shape index (κ1) is 13.4. The van der Waals surface area contributed by atoms with E-state index in [2.05, 4.69) is 15.6 Å². The first-order valence-electron chi connectivity index (χ1n) is 6.90.